The Morgan fingerprint density at radius 1 is 1.19 bits per heavy atom. The molecule has 0 unspecified atom stereocenters. The van der Waals surface area contributed by atoms with Crippen LogP contribution in [0.5, 0.6) is 0 Å². The maximum atomic E-state index is 11.0. The molecule has 1 aromatic carbocycles. The van der Waals surface area contributed by atoms with Gasteiger partial charge in [0.2, 0.25) is 5.89 Å². The molecule has 2 aromatic rings. The van der Waals surface area contributed by atoms with E-state index >= 15 is 0 Å². The minimum absolute atomic E-state index is 0.155. The number of aromatic nitrogens is 1. The van der Waals surface area contributed by atoms with Gasteiger partial charge < -0.3 is 19.8 Å². The molecule has 0 saturated heterocycles. The van der Waals surface area contributed by atoms with Crippen molar-refractivity contribution < 1.29 is 13.9 Å². The molecule has 146 valence electrons. The molecule has 0 aliphatic carbocycles. The van der Waals surface area contributed by atoms with E-state index in [1.807, 2.05) is 31.2 Å². The Hall–Kier alpha value is -2.83. The van der Waals surface area contributed by atoms with Crippen LogP contribution in [0.15, 0.2) is 39.9 Å². The van der Waals surface area contributed by atoms with Crippen LogP contribution in [0.2, 0.25) is 0 Å². The number of unbranched alkanes of at least 4 members (excludes halogenated alkanes) is 2. The van der Waals surface area contributed by atoms with Gasteiger partial charge in [0.05, 0.1) is 19.3 Å². The van der Waals surface area contributed by atoms with Crippen LogP contribution in [0.4, 0.5) is 0 Å². The standard InChI is InChI=1S/C20H28N4O3/c1-15-8-10-16(11-9-15)19-24-17(14-27-19)13-23-20(21-2)22-12-6-4-5-7-18(25)26-3/h8-11,14H,4-7,12-13H2,1-3H3,(H2,21,22,23). The molecule has 0 saturated carbocycles. The van der Waals surface area contributed by atoms with Crippen molar-refractivity contribution in [3.8, 4) is 11.5 Å². The third-order valence-electron chi connectivity index (χ3n) is 4.09. The molecule has 0 aliphatic rings. The van der Waals surface area contributed by atoms with Gasteiger partial charge in [0.25, 0.3) is 0 Å². The van der Waals surface area contributed by atoms with Crippen molar-refractivity contribution in [1.29, 1.82) is 0 Å². The quantitative estimate of drug-likeness (QED) is 0.304. The molecule has 0 aliphatic heterocycles. The monoisotopic (exact) mass is 372 g/mol. The van der Waals surface area contributed by atoms with Crippen molar-refractivity contribution in [2.45, 2.75) is 39.2 Å². The Bertz CT molecular complexity index is 738. The maximum Gasteiger partial charge on any atom is 0.305 e. The molecule has 7 nitrogen and oxygen atoms in total. The number of nitrogens with one attached hydrogen (secondary N) is 2. The predicted octanol–water partition coefficient (Wildman–Crippen LogP) is 3.05. The Balaban J connectivity index is 1.70. The number of benzene rings is 1. The van der Waals surface area contributed by atoms with Gasteiger partial charge in [-0.3, -0.25) is 9.79 Å². The number of guanidine groups is 1. The summed E-state index contributed by atoms with van der Waals surface area (Å²) in [6, 6.07) is 8.07. The van der Waals surface area contributed by atoms with E-state index in [0.717, 1.165) is 37.1 Å². The van der Waals surface area contributed by atoms with Gasteiger partial charge in [-0.25, -0.2) is 4.98 Å². The number of hydrogen-bond donors (Lipinski definition) is 2. The van der Waals surface area contributed by atoms with Gasteiger partial charge in [0.1, 0.15) is 6.26 Å². The highest BCUT2D eigenvalue weighted by Gasteiger charge is 2.07. The average Bonchev–Trinajstić information content (AvgIpc) is 3.16. The molecular weight excluding hydrogens is 344 g/mol. The number of oxazole rings is 1. The Morgan fingerprint density at radius 2 is 1.96 bits per heavy atom. The number of hydrogen-bond acceptors (Lipinski definition) is 5. The molecule has 0 spiro atoms. The summed E-state index contributed by atoms with van der Waals surface area (Å²) in [7, 11) is 3.14. The molecule has 0 bridgehead atoms. The van der Waals surface area contributed by atoms with Crippen LogP contribution in [0, 0.1) is 6.92 Å². The first-order valence-corrected chi connectivity index (χ1v) is 9.15. The van der Waals surface area contributed by atoms with Crippen molar-refractivity contribution in [1.82, 2.24) is 15.6 Å². The van der Waals surface area contributed by atoms with E-state index in [2.05, 4.69) is 25.3 Å². The van der Waals surface area contributed by atoms with Crippen LogP contribution in [0.1, 0.15) is 36.9 Å². The van der Waals surface area contributed by atoms with E-state index in [4.69, 9.17) is 4.42 Å². The first-order valence-electron chi connectivity index (χ1n) is 9.15. The molecule has 2 N–H and O–H groups in total. The fourth-order valence-electron chi connectivity index (χ4n) is 2.49. The number of methoxy groups -OCH3 is 1. The highest BCUT2D eigenvalue weighted by Crippen LogP contribution is 2.18. The van der Waals surface area contributed by atoms with Gasteiger partial charge >= 0.3 is 5.97 Å². The van der Waals surface area contributed by atoms with Crippen LogP contribution in [-0.2, 0) is 16.1 Å². The van der Waals surface area contributed by atoms with Crippen molar-refractivity contribution in [3.63, 3.8) is 0 Å². The predicted molar refractivity (Wildman–Crippen MR) is 105 cm³/mol. The summed E-state index contributed by atoms with van der Waals surface area (Å²) in [5.74, 6) is 1.17. The second kappa shape index (κ2) is 11.0. The first kappa shape index (κ1) is 20.5. The number of nitrogens with zero attached hydrogens (tertiary/aromatic N) is 2. The second-order valence-electron chi connectivity index (χ2n) is 6.25. The van der Waals surface area contributed by atoms with Gasteiger partial charge in [0.15, 0.2) is 5.96 Å². The molecule has 1 aromatic heterocycles. The molecule has 0 radical (unpaired) electrons. The maximum absolute atomic E-state index is 11.0. The Morgan fingerprint density at radius 3 is 2.67 bits per heavy atom. The summed E-state index contributed by atoms with van der Waals surface area (Å²) >= 11 is 0. The van der Waals surface area contributed by atoms with E-state index in [1.54, 1.807) is 13.3 Å². The van der Waals surface area contributed by atoms with E-state index in [-0.39, 0.29) is 5.97 Å². The molecule has 2 rings (SSSR count). The van der Waals surface area contributed by atoms with Crippen molar-refractivity contribution in [2.24, 2.45) is 4.99 Å². The lowest BCUT2D eigenvalue weighted by atomic mass is 10.1. The van der Waals surface area contributed by atoms with Crippen LogP contribution in [0.25, 0.3) is 11.5 Å². The summed E-state index contributed by atoms with van der Waals surface area (Å²) in [6.45, 7) is 3.36. The zero-order chi connectivity index (χ0) is 19.5. The summed E-state index contributed by atoms with van der Waals surface area (Å²) in [6.07, 6.45) is 4.88. The largest absolute Gasteiger partial charge is 0.469 e. The summed E-state index contributed by atoms with van der Waals surface area (Å²) in [4.78, 5) is 19.8. The average molecular weight is 372 g/mol. The van der Waals surface area contributed by atoms with Crippen LogP contribution < -0.4 is 10.6 Å². The lowest BCUT2D eigenvalue weighted by Gasteiger charge is -2.10. The first-order chi connectivity index (χ1) is 13.1. The highest BCUT2D eigenvalue weighted by atomic mass is 16.5. The number of esters is 1. The normalized spacial score (nSPS) is 11.3. The number of aryl methyl sites for hydroxylation is 1. The highest BCUT2D eigenvalue weighted by molar-refractivity contribution is 5.79. The van der Waals surface area contributed by atoms with Gasteiger partial charge in [-0.1, -0.05) is 24.1 Å². The number of carbonyl (C=O) groups is 1. The van der Waals surface area contributed by atoms with Crippen LogP contribution in [-0.4, -0.2) is 37.6 Å². The minimum atomic E-state index is -0.155. The van der Waals surface area contributed by atoms with Gasteiger partial charge in [-0.05, 0) is 31.9 Å². The Labute approximate surface area is 160 Å². The topological polar surface area (TPSA) is 88.8 Å². The zero-order valence-corrected chi connectivity index (χ0v) is 16.2. The van der Waals surface area contributed by atoms with E-state index in [0.29, 0.717) is 24.8 Å². The van der Waals surface area contributed by atoms with Gasteiger partial charge in [-0.15, -0.1) is 0 Å². The van der Waals surface area contributed by atoms with E-state index in [9.17, 15) is 4.79 Å². The number of ether oxygens (including phenoxy) is 1. The van der Waals surface area contributed by atoms with Crippen molar-refractivity contribution >= 4 is 11.9 Å². The second-order valence-corrected chi connectivity index (χ2v) is 6.25. The molecule has 0 atom stereocenters. The number of aliphatic imine (C=N–C) groups is 1. The molecular formula is C20H28N4O3. The van der Waals surface area contributed by atoms with Gasteiger partial charge in [-0.2, -0.15) is 0 Å². The third kappa shape index (κ3) is 7.13. The minimum Gasteiger partial charge on any atom is -0.469 e. The zero-order valence-electron chi connectivity index (χ0n) is 16.2. The van der Waals surface area contributed by atoms with E-state index < -0.39 is 0 Å². The molecule has 7 heteroatoms. The van der Waals surface area contributed by atoms with E-state index in [1.165, 1.54) is 12.7 Å². The van der Waals surface area contributed by atoms with Gasteiger partial charge in [0, 0.05) is 25.6 Å². The van der Waals surface area contributed by atoms with Crippen LogP contribution >= 0.6 is 0 Å². The molecule has 27 heavy (non-hydrogen) atoms. The lowest BCUT2D eigenvalue weighted by molar-refractivity contribution is -0.140. The van der Waals surface area contributed by atoms with Crippen molar-refractivity contribution in [2.75, 3.05) is 20.7 Å². The third-order valence-corrected chi connectivity index (χ3v) is 4.09. The summed E-state index contributed by atoms with van der Waals surface area (Å²) in [5.41, 5.74) is 2.97. The summed E-state index contributed by atoms with van der Waals surface area (Å²) < 4.78 is 10.2. The fraction of sp³-hybridized carbons (Fsp3) is 0.450. The molecule has 0 fully saturated rings. The fourth-order valence-corrected chi connectivity index (χ4v) is 2.49. The summed E-state index contributed by atoms with van der Waals surface area (Å²) in [5, 5.41) is 6.47. The SMILES string of the molecule is CN=C(NCCCCCC(=O)OC)NCc1coc(-c2ccc(C)cc2)n1. The molecule has 1 heterocycles. The molecule has 0 amide bonds. The number of rotatable bonds is 9. The Kier molecular flexibility index (Phi) is 8.35. The smallest absolute Gasteiger partial charge is 0.305 e. The van der Waals surface area contributed by atoms with Crippen molar-refractivity contribution in [3.05, 3.63) is 41.8 Å². The number of carbonyl (C=O) groups excluding carboxylic acids is 1. The lowest BCUT2D eigenvalue weighted by Crippen LogP contribution is -2.37. The van der Waals surface area contributed by atoms with Crippen LogP contribution in [0.3, 0.4) is 0 Å².